The van der Waals surface area contributed by atoms with Crippen molar-refractivity contribution >= 4 is 40.9 Å². The van der Waals surface area contributed by atoms with Gasteiger partial charge in [0.2, 0.25) is 0 Å². The quantitative estimate of drug-likeness (QED) is 0.499. The Labute approximate surface area is 142 Å². The zero-order valence-electron chi connectivity index (χ0n) is 12.2. The number of anilines is 1. The Hall–Kier alpha value is -3.06. The van der Waals surface area contributed by atoms with Gasteiger partial charge in [0.25, 0.3) is 11.8 Å². The molecule has 5 nitrogen and oxygen atoms in total. The van der Waals surface area contributed by atoms with Crippen LogP contribution in [0.15, 0.2) is 54.1 Å². The number of nitrogens with zero attached hydrogens (tertiary/aromatic N) is 1. The molecule has 2 aromatic carbocycles. The van der Waals surface area contributed by atoms with Gasteiger partial charge in [-0.15, -0.1) is 0 Å². The summed E-state index contributed by atoms with van der Waals surface area (Å²) in [5.74, 6) is -1.95. The molecular formula is C17H11FN2O3S. The predicted octanol–water partition coefficient (Wildman–Crippen LogP) is 2.36. The molecule has 24 heavy (non-hydrogen) atoms. The molecule has 1 heterocycles. The molecule has 1 aliphatic heterocycles. The summed E-state index contributed by atoms with van der Waals surface area (Å²) >= 11 is 5.00. The lowest BCUT2D eigenvalue weighted by Crippen LogP contribution is -2.54. The van der Waals surface area contributed by atoms with Gasteiger partial charge in [0.1, 0.15) is 17.1 Å². The number of rotatable bonds is 2. The smallest absolute Gasteiger partial charge is 0.270 e. The SMILES string of the molecule is O=C1NC(=S)N(c2ccccc2F)C(=O)/C1=C/c1ccc(O)cc1. The molecule has 0 aliphatic carbocycles. The Kier molecular flexibility index (Phi) is 4.09. The van der Waals surface area contributed by atoms with E-state index in [1.165, 1.54) is 36.4 Å². The van der Waals surface area contributed by atoms with E-state index in [-0.39, 0.29) is 22.1 Å². The molecule has 2 N–H and O–H groups in total. The second-order valence-electron chi connectivity index (χ2n) is 5.00. The molecule has 2 amide bonds. The number of hydrogen-bond acceptors (Lipinski definition) is 4. The van der Waals surface area contributed by atoms with Crippen molar-refractivity contribution in [2.75, 3.05) is 4.90 Å². The van der Waals surface area contributed by atoms with E-state index in [4.69, 9.17) is 12.2 Å². The molecule has 0 spiro atoms. The lowest BCUT2D eigenvalue weighted by atomic mass is 10.1. The number of halogens is 1. The number of phenolic OH excluding ortho intramolecular Hbond substituents is 1. The molecule has 0 radical (unpaired) electrons. The van der Waals surface area contributed by atoms with E-state index in [0.29, 0.717) is 5.56 Å². The van der Waals surface area contributed by atoms with Crippen molar-refractivity contribution < 1.29 is 19.1 Å². The van der Waals surface area contributed by atoms with Crippen LogP contribution in [0.2, 0.25) is 0 Å². The first kappa shape index (κ1) is 15.8. The molecule has 2 aromatic rings. The average molecular weight is 342 g/mol. The lowest BCUT2D eigenvalue weighted by molar-refractivity contribution is -0.122. The van der Waals surface area contributed by atoms with E-state index >= 15 is 0 Å². The highest BCUT2D eigenvalue weighted by Gasteiger charge is 2.35. The summed E-state index contributed by atoms with van der Waals surface area (Å²) in [6.45, 7) is 0. The minimum Gasteiger partial charge on any atom is -0.508 e. The third kappa shape index (κ3) is 2.89. The molecule has 0 bridgehead atoms. The molecule has 0 aromatic heterocycles. The number of hydrogen-bond donors (Lipinski definition) is 2. The summed E-state index contributed by atoms with van der Waals surface area (Å²) in [5, 5.41) is 11.5. The molecule has 3 rings (SSSR count). The van der Waals surface area contributed by atoms with Crippen LogP contribution in [0.25, 0.3) is 6.08 Å². The third-order valence-corrected chi connectivity index (χ3v) is 3.68. The normalized spacial score (nSPS) is 16.5. The van der Waals surface area contributed by atoms with Gasteiger partial charge in [0.05, 0.1) is 5.69 Å². The zero-order valence-corrected chi connectivity index (χ0v) is 13.0. The number of carbonyl (C=O) groups is 2. The van der Waals surface area contributed by atoms with Crippen molar-refractivity contribution in [3.63, 3.8) is 0 Å². The van der Waals surface area contributed by atoms with Crippen LogP contribution in [0, 0.1) is 5.82 Å². The van der Waals surface area contributed by atoms with Gasteiger partial charge in [0, 0.05) is 0 Å². The number of aromatic hydroxyl groups is 1. The molecule has 0 saturated carbocycles. The molecule has 1 saturated heterocycles. The second kappa shape index (κ2) is 6.21. The highest BCUT2D eigenvalue weighted by molar-refractivity contribution is 7.80. The minimum atomic E-state index is -0.720. The summed E-state index contributed by atoms with van der Waals surface area (Å²) in [5.41, 5.74) is 0.314. The molecule has 1 fully saturated rings. The van der Waals surface area contributed by atoms with Gasteiger partial charge in [0.15, 0.2) is 5.11 Å². The van der Waals surface area contributed by atoms with Crippen LogP contribution in [0.1, 0.15) is 5.56 Å². The maximum absolute atomic E-state index is 14.0. The summed E-state index contributed by atoms with van der Waals surface area (Å²) in [6, 6.07) is 11.6. The number of thiocarbonyl (C=S) groups is 1. The summed E-state index contributed by atoms with van der Waals surface area (Å²) in [7, 11) is 0. The fourth-order valence-corrected chi connectivity index (χ4v) is 2.52. The van der Waals surface area contributed by atoms with Gasteiger partial charge in [-0.1, -0.05) is 24.3 Å². The number of carbonyl (C=O) groups excluding carboxylic acids is 2. The summed E-state index contributed by atoms with van der Waals surface area (Å²) < 4.78 is 14.0. The van der Waals surface area contributed by atoms with Gasteiger partial charge in [-0.2, -0.15) is 0 Å². The highest BCUT2D eigenvalue weighted by Crippen LogP contribution is 2.24. The van der Waals surface area contributed by atoms with E-state index in [9.17, 15) is 19.1 Å². The number of benzene rings is 2. The van der Waals surface area contributed by atoms with Crippen LogP contribution in [-0.2, 0) is 9.59 Å². The van der Waals surface area contributed by atoms with Crippen LogP contribution in [0.3, 0.4) is 0 Å². The Bertz CT molecular complexity index is 878. The molecule has 0 unspecified atom stereocenters. The van der Waals surface area contributed by atoms with Crippen LogP contribution < -0.4 is 10.2 Å². The first-order valence-corrected chi connectivity index (χ1v) is 7.33. The van der Waals surface area contributed by atoms with Crippen molar-refractivity contribution in [1.82, 2.24) is 5.32 Å². The molecule has 7 heteroatoms. The fraction of sp³-hybridized carbons (Fsp3) is 0. The number of para-hydroxylation sites is 1. The first-order chi connectivity index (χ1) is 11.5. The van der Waals surface area contributed by atoms with Gasteiger partial charge in [-0.25, -0.2) is 9.29 Å². The monoisotopic (exact) mass is 342 g/mol. The number of nitrogens with one attached hydrogen (secondary N) is 1. The van der Waals surface area contributed by atoms with E-state index in [0.717, 1.165) is 4.90 Å². The van der Waals surface area contributed by atoms with E-state index in [1.54, 1.807) is 18.2 Å². The fourth-order valence-electron chi connectivity index (χ4n) is 2.25. The zero-order chi connectivity index (χ0) is 17.3. The molecule has 0 atom stereocenters. The molecular weight excluding hydrogens is 331 g/mol. The van der Waals surface area contributed by atoms with E-state index in [2.05, 4.69) is 5.32 Å². The van der Waals surface area contributed by atoms with E-state index < -0.39 is 17.6 Å². The van der Waals surface area contributed by atoms with Crippen LogP contribution in [0.5, 0.6) is 5.75 Å². The van der Waals surface area contributed by atoms with Crippen molar-refractivity contribution in [3.05, 3.63) is 65.5 Å². The van der Waals surface area contributed by atoms with Gasteiger partial charge in [-0.05, 0) is 48.1 Å². The van der Waals surface area contributed by atoms with Crippen molar-refractivity contribution in [2.24, 2.45) is 0 Å². The maximum Gasteiger partial charge on any atom is 0.270 e. The number of amides is 2. The maximum atomic E-state index is 14.0. The average Bonchev–Trinajstić information content (AvgIpc) is 2.55. The Morgan fingerprint density at radius 3 is 2.42 bits per heavy atom. The molecule has 1 aliphatic rings. The third-order valence-electron chi connectivity index (χ3n) is 3.40. The minimum absolute atomic E-state index is 0.0379. The molecule has 120 valence electrons. The van der Waals surface area contributed by atoms with E-state index in [1.807, 2.05) is 0 Å². The Morgan fingerprint density at radius 2 is 1.75 bits per heavy atom. The van der Waals surface area contributed by atoms with Crippen LogP contribution >= 0.6 is 12.2 Å². The largest absolute Gasteiger partial charge is 0.508 e. The van der Waals surface area contributed by atoms with Crippen LogP contribution in [-0.4, -0.2) is 22.0 Å². The van der Waals surface area contributed by atoms with Crippen molar-refractivity contribution in [3.8, 4) is 5.75 Å². The summed E-state index contributed by atoms with van der Waals surface area (Å²) in [4.78, 5) is 25.7. The first-order valence-electron chi connectivity index (χ1n) is 6.92. The van der Waals surface area contributed by atoms with Gasteiger partial charge >= 0.3 is 0 Å². The van der Waals surface area contributed by atoms with Gasteiger partial charge < -0.3 is 5.11 Å². The highest BCUT2D eigenvalue weighted by atomic mass is 32.1. The van der Waals surface area contributed by atoms with Gasteiger partial charge in [-0.3, -0.25) is 14.9 Å². The van der Waals surface area contributed by atoms with Crippen LogP contribution in [0.4, 0.5) is 10.1 Å². The predicted molar refractivity (Wildman–Crippen MR) is 90.7 cm³/mol. The summed E-state index contributed by atoms with van der Waals surface area (Å²) in [6.07, 6.45) is 1.35. The topological polar surface area (TPSA) is 69.6 Å². The standard InChI is InChI=1S/C17H11FN2O3S/c18-13-3-1-2-4-14(13)20-16(23)12(15(22)19-17(20)24)9-10-5-7-11(21)8-6-10/h1-9,21H,(H,19,22,24)/b12-9+. The Balaban J connectivity index is 2.03. The lowest BCUT2D eigenvalue weighted by Gasteiger charge is -2.29. The Morgan fingerprint density at radius 1 is 1.08 bits per heavy atom. The van der Waals surface area contributed by atoms with Crippen molar-refractivity contribution in [2.45, 2.75) is 0 Å². The number of phenols is 1. The second-order valence-corrected chi connectivity index (χ2v) is 5.39. The van der Waals surface area contributed by atoms with Crippen molar-refractivity contribution in [1.29, 1.82) is 0 Å².